The summed E-state index contributed by atoms with van der Waals surface area (Å²) in [6.45, 7) is 0. The molecule has 0 radical (unpaired) electrons. The molecular weight excluding hydrogens is 735 g/mol. The molecule has 302 valence electrons. The Morgan fingerprint density at radius 3 is 1.49 bits per heavy atom. The van der Waals surface area contributed by atoms with Gasteiger partial charge in [0.05, 0.1) is 0 Å². The van der Waals surface area contributed by atoms with Crippen LogP contribution >= 0.6 is 0 Å². The van der Waals surface area contributed by atoms with Crippen molar-refractivity contribution in [1.29, 1.82) is 0 Å². The maximum absolute atomic E-state index is 2.67. The second-order valence-electron chi connectivity index (χ2n) is 20.6. The summed E-state index contributed by atoms with van der Waals surface area (Å²) in [6, 6.07) is 62.7. The predicted molar refractivity (Wildman–Crippen MR) is 255 cm³/mol. The third-order valence-electron chi connectivity index (χ3n) is 17.1. The van der Waals surface area contributed by atoms with Crippen molar-refractivity contribution < 1.29 is 0 Å². The van der Waals surface area contributed by atoms with Crippen LogP contribution in [-0.4, -0.2) is 0 Å². The highest BCUT2D eigenvalue weighted by atomic mass is 15.1. The molecular formula is C60H57N. The van der Waals surface area contributed by atoms with Crippen LogP contribution in [0.15, 0.2) is 164 Å². The molecule has 1 nitrogen and oxygen atoms in total. The summed E-state index contributed by atoms with van der Waals surface area (Å²) in [5, 5.41) is 2.58. The fourth-order valence-electron chi connectivity index (χ4n) is 15.2. The quantitative estimate of drug-likeness (QED) is 0.148. The highest BCUT2D eigenvalue weighted by Crippen LogP contribution is 2.62. The second kappa shape index (κ2) is 14.6. The van der Waals surface area contributed by atoms with Crippen LogP contribution in [0.4, 0.5) is 17.1 Å². The van der Waals surface area contributed by atoms with E-state index in [0.29, 0.717) is 5.92 Å². The lowest BCUT2D eigenvalue weighted by atomic mass is 9.50. The number of rotatable bonds is 8. The molecule has 8 aliphatic rings. The molecule has 8 saturated carbocycles. The Bertz CT molecular complexity index is 2660. The molecule has 61 heavy (non-hydrogen) atoms. The molecule has 0 amide bonds. The maximum atomic E-state index is 2.67. The minimum absolute atomic E-state index is 0.628. The zero-order chi connectivity index (χ0) is 40.0. The molecule has 0 aliphatic heterocycles. The van der Waals surface area contributed by atoms with Crippen molar-refractivity contribution in [3.63, 3.8) is 0 Å². The van der Waals surface area contributed by atoms with Crippen molar-refractivity contribution in [1.82, 2.24) is 0 Å². The normalized spacial score (nSPS) is 29.3. The van der Waals surface area contributed by atoms with Gasteiger partial charge in [0, 0.05) is 17.1 Å². The van der Waals surface area contributed by atoms with Crippen molar-refractivity contribution in [3.05, 3.63) is 175 Å². The number of nitrogens with zero attached hydrogens (tertiary/aromatic N) is 1. The van der Waals surface area contributed by atoms with Crippen molar-refractivity contribution in [2.45, 2.75) is 76.0 Å². The zero-order valence-electron chi connectivity index (χ0n) is 35.4. The first-order valence-electron chi connectivity index (χ1n) is 23.9. The van der Waals surface area contributed by atoms with E-state index in [4.69, 9.17) is 0 Å². The highest BCUT2D eigenvalue weighted by Gasteiger charge is 2.50. The van der Waals surface area contributed by atoms with Crippen LogP contribution in [0.1, 0.15) is 87.2 Å². The number of anilines is 3. The number of hydrogen-bond donors (Lipinski definition) is 0. The first-order valence-corrected chi connectivity index (χ1v) is 23.9. The van der Waals surface area contributed by atoms with Gasteiger partial charge >= 0.3 is 0 Å². The van der Waals surface area contributed by atoms with Gasteiger partial charge in [0.15, 0.2) is 0 Å². The highest BCUT2D eigenvalue weighted by molar-refractivity contribution is 5.97. The molecule has 0 spiro atoms. The summed E-state index contributed by atoms with van der Waals surface area (Å²) in [5.74, 6) is 8.68. The molecule has 0 unspecified atom stereocenters. The Balaban J connectivity index is 0.937. The SMILES string of the molecule is c1ccc(-c2ccc(N(c3ccc(-c4cccc5ccccc45)cc3)c3ccc(-c4cccc(C5C6CC7CC(C6)CC5C7)c4)c(C4C5CC6CC(C5)CC4C6)c3)cc2)cc1. The van der Waals surface area contributed by atoms with Gasteiger partial charge in [-0.3, -0.25) is 0 Å². The Labute approximate surface area is 362 Å². The summed E-state index contributed by atoms with van der Waals surface area (Å²) in [7, 11) is 0. The van der Waals surface area contributed by atoms with Gasteiger partial charge in [0.2, 0.25) is 0 Å². The first-order chi connectivity index (χ1) is 30.1. The maximum Gasteiger partial charge on any atom is 0.0464 e. The van der Waals surface area contributed by atoms with Gasteiger partial charge < -0.3 is 4.90 Å². The lowest BCUT2D eigenvalue weighted by Crippen LogP contribution is -2.44. The molecule has 7 aromatic rings. The number of hydrogen-bond acceptors (Lipinski definition) is 1. The van der Waals surface area contributed by atoms with E-state index in [1.165, 1.54) is 125 Å². The van der Waals surface area contributed by atoms with E-state index in [2.05, 4.69) is 169 Å². The average molecular weight is 792 g/mol. The van der Waals surface area contributed by atoms with Crippen LogP contribution in [0, 0.1) is 47.3 Å². The molecule has 7 aromatic carbocycles. The van der Waals surface area contributed by atoms with E-state index in [9.17, 15) is 0 Å². The molecule has 8 fully saturated rings. The third kappa shape index (κ3) is 6.32. The van der Waals surface area contributed by atoms with Crippen molar-refractivity contribution in [3.8, 4) is 33.4 Å². The van der Waals surface area contributed by atoms with Crippen molar-refractivity contribution >= 4 is 27.8 Å². The van der Waals surface area contributed by atoms with Gasteiger partial charge in [-0.25, -0.2) is 0 Å². The number of fused-ring (bicyclic) bond motifs is 1. The van der Waals surface area contributed by atoms with Crippen LogP contribution in [0.2, 0.25) is 0 Å². The van der Waals surface area contributed by atoms with Gasteiger partial charge in [-0.05, 0) is 215 Å². The van der Waals surface area contributed by atoms with E-state index < -0.39 is 0 Å². The molecule has 0 heterocycles. The van der Waals surface area contributed by atoms with Gasteiger partial charge in [-0.2, -0.15) is 0 Å². The van der Waals surface area contributed by atoms with E-state index in [1.807, 2.05) is 0 Å². The van der Waals surface area contributed by atoms with Crippen LogP contribution in [0.5, 0.6) is 0 Å². The summed E-state index contributed by atoms with van der Waals surface area (Å²) in [5.41, 5.74) is 14.9. The fourth-order valence-corrected chi connectivity index (χ4v) is 15.2. The van der Waals surface area contributed by atoms with Crippen molar-refractivity contribution in [2.24, 2.45) is 47.3 Å². The molecule has 8 bridgehead atoms. The summed E-state index contributed by atoms with van der Waals surface area (Å²) < 4.78 is 0. The standard InChI is InChI=1S/C60H57N/c1-2-8-42(9-3-1)43-16-20-52(21-17-43)61(53-22-18-45(19-23-53)56-15-7-11-44-10-4-5-14-55(44)56)54-24-25-57(58(37-54)60-50-32-40-27-41(34-50)35-51(60)33-40)46-12-6-13-47(36-46)59-48-28-38-26-39(30-48)31-49(59)29-38/h1-25,36-41,48-51,59-60H,26-35H2. The van der Waals surface area contributed by atoms with E-state index >= 15 is 0 Å². The van der Waals surface area contributed by atoms with Crippen LogP contribution in [0.25, 0.3) is 44.2 Å². The molecule has 0 N–H and O–H groups in total. The monoisotopic (exact) mass is 791 g/mol. The van der Waals surface area contributed by atoms with E-state index in [1.54, 1.807) is 11.1 Å². The van der Waals surface area contributed by atoms with Crippen molar-refractivity contribution in [2.75, 3.05) is 4.90 Å². The lowest BCUT2D eigenvalue weighted by molar-refractivity contribution is -0.00280. The first kappa shape index (κ1) is 36.3. The van der Waals surface area contributed by atoms with Gasteiger partial charge in [0.1, 0.15) is 0 Å². The largest absolute Gasteiger partial charge is 0.310 e. The zero-order valence-corrected chi connectivity index (χ0v) is 35.4. The number of benzene rings is 7. The summed E-state index contributed by atoms with van der Waals surface area (Å²) >= 11 is 0. The predicted octanol–water partition coefficient (Wildman–Crippen LogP) is 16.4. The third-order valence-corrected chi connectivity index (χ3v) is 17.1. The van der Waals surface area contributed by atoms with Gasteiger partial charge in [0.25, 0.3) is 0 Å². The summed E-state index contributed by atoms with van der Waals surface area (Å²) in [4.78, 5) is 2.54. The minimum Gasteiger partial charge on any atom is -0.310 e. The fraction of sp³-hybridized carbons (Fsp3) is 0.333. The van der Waals surface area contributed by atoms with Gasteiger partial charge in [-0.15, -0.1) is 0 Å². The lowest BCUT2D eigenvalue weighted by Gasteiger charge is -2.55. The minimum atomic E-state index is 0.628. The second-order valence-corrected chi connectivity index (χ2v) is 20.6. The van der Waals surface area contributed by atoms with E-state index in [-0.39, 0.29) is 0 Å². The molecule has 1 heteroatoms. The molecule has 8 aliphatic carbocycles. The molecule has 0 atom stereocenters. The van der Waals surface area contributed by atoms with E-state index in [0.717, 1.165) is 53.3 Å². The smallest absolute Gasteiger partial charge is 0.0464 e. The Morgan fingerprint density at radius 1 is 0.328 bits per heavy atom. The Kier molecular flexibility index (Phi) is 8.69. The molecule has 15 rings (SSSR count). The van der Waals surface area contributed by atoms with Crippen LogP contribution < -0.4 is 4.90 Å². The van der Waals surface area contributed by atoms with Gasteiger partial charge in [-0.1, -0.05) is 127 Å². The van der Waals surface area contributed by atoms with Crippen LogP contribution in [-0.2, 0) is 0 Å². The average Bonchev–Trinajstić information content (AvgIpc) is 3.29. The Hall–Kier alpha value is -5.40. The molecule has 0 aromatic heterocycles. The Morgan fingerprint density at radius 2 is 0.836 bits per heavy atom. The molecule has 0 saturated heterocycles. The summed E-state index contributed by atoms with van der Waals surface area (Å²) in [6.07, 6.45) is 14.6. The topological polar surface area (TPSA) is 3.24 Å². The van der Waals surface area contributed by atoms with Crippen LogP contribution in [0.3, 0.4) is 0 Å².